The maximum Gasteiger partial charge on any atom is 0.303 e. The van der Waals surface area contributed by atoms with Crippen molar-refractivity contribution in [3.05, 3.63) is 0 Å². The van der Waals surface area contributed by atoms with Crippen LogP contribution in [0.4, 0.5) is 0 Å². The molecule has 120 valence electrons. The molecule has 0 saturated carbocycles. The molecule has 1 saturated heterocycles. The fourth-order valence-electron chi connectivity index (χ4n) is 2.15. The Bertz CT molecular complexity index is 409. The van der Waals surface area contributed by atoms with Gasteiger partial charge in [-0.1, -0.05) is 18.5 Å². The summed E-state index contributed by atoms with van der Waals surface area (Å²) in [6.45, 7) is 5.38. The van der Waals surface area contributed by atoms with Gasteiger partial charge in [0.05, 0.1) is 0 Å². The molecule has 7 nitrogen and oxygen atoms in total. The lowest BCUT2D eigenvalue weighted by Crippen LogP contribution is -2.55. The number of rotatable bonds is 4. The van der Waals surface area contributed by atoms with Gasteiger partial charge in [0.15, 0.2) is 5.56 Å². The number of alkyl halides is 1. The SMILES string of the molecule is CC(=O)OCC1O[C@@H](Cl)C(OC(C)=O)C(C)[C@H]1OC(C)=O. The van der Waals surface area contributed by atoms with E-state index in [9.17, 15) is 14.4 Å². The molecule has 0 aliphatic carbocycles. The quantitative estimate of drug-likeness (QED) is 0.433. The third kappa shape index (κ3) is 5.17. The molecule has 8 heteroatoms. The van der Waals surface area contributed by atoms with Crippen molar-refractivity contribution in [2.24, 2.45) is 5.92 Å². The van der Waals surface area contributed by atoms with Gasteiger partial charge in [0, 0.05) is 26.7 Å². The molecule has 3 unspecified atom stereocenters. The van der Waals surface area contributed by atoms with Crippen molar-refractivity contribution in [2.75, 3.05) is 6.61 Å². The van der Waals surface area contributed by atoms with Gasteiger partial charge in [-0.3, -0.25) is 14.4 Å². The predicted octanol–water partition coefficient (Wildman–Crippen LogP) is 1.01. The van der Waals surface area contributed by atoms with Crippen molar-refractivity contribution in [3.63, 3.8) is 0 Å². The van der Waals surface area contributed by atoms with E-state index < -0.39 is 47.7 Å². The summed E-state index contributed by atoms with van der Waals surface area (Å²) in [4.78, 5) is 33.2. The van der Waals surface area contributed by atoms with Crippen molar-refractivity contribution in [1.82, 2.24) is 0 Å². The number of esters is 3. The Balaban J connectivity index is 2.86. The molecule has 0 amide bonds. The van der Waals surface area contributed by atoms with Crippen LogP contribution in [0.15, 0.2) is 0 Å². The second kappa shape index (κ2) is 7.61. The first-order valence-electron chi connectivity index (χ1n) is 6.49. The standard InChI is InChI=1S/C13H19ClO7/c1-6-11(19-8(3)16)10(5-18-7(2)15)21-13(14)12(6)20-9(4)17/h6,10-13H,5H2,1-4H3/t6?,10?,11-,12?,13-/m1/s1. The number of carbonyl (C=O) groups excluding carboxylic acids is 3. The lowest BCUT2D eigenvalue weighted by molar-refractivity contribution is -0.213. The van der Waals surface area contributed by atoms with Gasteiger partial charge in [-0.25, -0.2) is 0 Å². The van der Waals surface area contributed by atoms with Gasteiger partial charge in [0.2, 0.25) is 0 Å². The molecule has 5 atom stereocenters. The van der Waals surface area contributed by atoms with E-state index >= 15 is 0 Å². The molecule has 1 heterocycles. The highest BCUT2D eigenvalue weighted by Crippen LogP contribution is 2.32. The number of ether oxygens (including phenoxy) is 4. The molecule has 1 fully saturated rings. The van der Waals surface area contributed by atoms with Crippen LogP contribution in [-0.2, 0) is 33.3 Å². The van der Waals surface area contributed by atoms with Crippen LogP contribution in [0.2, 0.25) is 0 Å². The fourth-order valence-corrected chi connectivity index (χ4v) is 2.56. The largest absolute Gasteiger partial charge is 0.463 e. The highest BCUT2D eigenvalue weighted by Gasteiger charge is 2.47. The molecule has 1 aliphatic heterocycles. The summed E-state index contributed by atoms with van der Waals surface area (Å²) in [5.41, 5.74) is -0.920. The van der Waals surface area contributed by atoms with Gasteiger partial charge >= 0.3 is 17.9 Å². The zero-order valence-electron chi connectivity index (χ0n) is 12.3. The summed E-state index contributed by atoms with van der Waals surface area (Å²) >= 11 is 6.05. The molecule has 0 aromatic heterocycles. The third-order valence-corrected chi connectivity index (χ3v) is 3.37. The normalized spacial score (nSPS) is 32.1. The van der Waals surface area contributed by atoms with Gasteiger partial charge in [0.1, 0.15) is 24.9 Å². The summed E-state index contributed by atoms with van der Waals surface area (Å²) in [5.74, 6) is -1.92. The van der Waals surface area contributed by atoms with Crippen molar-refractivity contribution in [3.8, 4) is 0 Å². The van der Waals surface area contributed by atoms with Gasteiger partial charge < -0.3 is 18.9 Å². The van der Waals surface area contributed by atoms with Gasteiger partial charge in [0.25, 0.3) is 0 Å². The average Bonchev–Trinajstić information content (AvgIpc) is 2.35. The van der Waals surface area contributed by atoms with Crippen LogP contribution in [-0.4, -0.2) is 48.4 Å². The first-order chi connectivity index (χ1) is 9.72. The molecule has 1 aliphatic rings. The molecular formula is C13H19ClO7. The van der Waals surface area contributed by atoms with Crippen LogP contribution in [0.3, 0.4) is 0 Å². The Morgan fingerprint density at radius 3 is 2.00 bits per heavy atom. The van der Waals surface area contributed by atoms with Crippen LogP contribution in [0, 0.1) is 5.92 Å². The van der Waals surface area contributed by atoms with E-state index in [0.717, 1.165) is 0 Å². The van der Waals surface area contributed by atoms with Gasteiger partial charge in [-0.05, 0) is 0 Å². The summed E-state index contributed by atoms with van der Waals surface area (Å²) in [6, 6.07) is 0. The van der Waals surface area contributed by atoms with E-state index in [0.29, 0.717) is 0 Å². The number of halogens is 1. The zero-order valence-corrected chi connectivity index (χ0v) is 13.1. The van der Waals surface area contributed by atoms with Crippen molar-refractivity contribution < 1.29 is 33.3 Å². The highest BCUT2D eigenvalue weighted by atomic mass is 35.5. The van der Waals surface area contributed by atoms with E-state index in [1.807, 2.05) is 0 Å². The minimum absolute atomic E-state index is 0.104. The maximum absolute atomic E-state index is 11.2. The number of hydrogen-bond acceptors (Lipinski definition) is 7. The minimum atomic E-state index is -0.920. The second-order valence-electron chi connectivity index (χ2n) is 4.84. The monoisotopic (exact) mass is 322 g/mol. The number of carbonyl (C=O) groups is 3. The first kappa shape index (κ1) is 17.7. The zero-order chi connectivity index (χ0) is 16.2. The van der Waals surface area contributed by atoms with Gasteiger partial charge in [-0.15, -0.1) is 0 Å². The van der Waals surface area contributed by atoms with Gasteiger partial charge in [-0.2, -0.15) is 0 Å². The van der Waals surface area contributed by atoms with Crippen molar-refractivity contribution in [2.45, 2.75) is 51.6 Å². The Labute approximate surface area is 127 Å². The summed E-state index contributed by atoms with van der Waals surface area (Å²) in [7, 11) is 0. The minimum Gasteiger partial charge on any atom is -0.463 e. The molecule has 1 rings (SSSR count). The predicted molar refractivity (Wildman–Crippen MR) is 71.4 cm³/mol. The van der Waals surface area contributed by atoms with Crippen LogP contribution in [0.5, 0.6) is 0 Å². The Morgan fingerprint density at radius 1 is 1.00 bits per heavy atom. The number of hydrogen-bond donors (Lipinski definition) is 0. The second-order valence-corrected chi connectivity index (χ2v) is 5.27. The van der Waals surface area contributed by atoms with E-state index in [2.05, 4.69) is 0 Å². The molecule has 0 aromatic carbocycles. The lowest BCUT2D eigenvalue weighted by atomic mass is 9.91. The smallest absolute Gasteiger partial charge is 0.303 e. The molecular weight excluding hydrogens is 304 g/mol. The lowest BCUT2D eigenvalue weighted by Gasteiger charge is -2.42. The molecule has 0 radical (unpaired) electrons. The van der Waals surface area contributed by atoms with E-state index in [-0.39, 0.29) is 6.61 Å². The van der Waals surface area contributed by atoms with E-state index in [1.54, 1.807) is 6.92 Å². The Morgan fingerprint density at radius 2 is 1.52 bits per heavy atom. The molecule has 0 bridgehead atoms. The van der Waals surface area contributed by atoms with Crippen LogP contribution >= 0.6 is 11.6 Å². The maximum atomic E-state index is 11.2. The fraction of sp³-hybridized carbons (Fsp3) is 0.769. The average molecular weight is 323 g/mol. The summed E-state index contributed by atoms with van der Waals surface area (Å²) in [5, 5.41) is 0. The molecule has 0 N–H and O–H groups in total. The molecule has 0 spiro atoms. The Kier molecular flexibility index (Phi) is 6.42. The third-order valence-electron chi connectivity index (χ3n) is 3.02. The Hall–Kier alpha value is -1.34. The van der Waals surface area contributed by atoms with Crippen molar-refractivity contribution in [1.29, 1.82) is 0 Å². The van der Waals surface area contributed by atoms with Crippen LogP contribution in [0.1, 0.15) is 27.7 Å². The summed E-state index contributed by atoms with van der Waals surface area (Å²) in [6.07, 6.45) is -2.22. The van der Waals surface area contributed by atoms with Crippen molar-refractivity contribution >= 4 is 29.5 Å². The topological polar surface area (TPSA) is 88.1 Å². The first-order valence-corrected chi connectivity index (χ1v) is 6.93. The summed E-state index contributed by atoms with van der Waals surface area (Å²) < 4.78 is 20.7. The molecule has 21 heavy (non-hydrogen) atoms. The highest BCUT2D eigenvalue weighted by molar-refractivity contribution is 6.20. The molecule has 0 aromatic rings. The van der Waals surface area contributed by atoms with Crippen LogP contribution < -0.4 is 0 Å². The van der Waals surface area contributed by atoms with Crippen LogP contribution in [0.25, 0.3) is 0 Å². The van der Waals surface area contributed by atoms with E-state index in [1.165, 1.54) is 20.8 Å². The van der Waals surface area contributed by atoms with E-state index in [4.69, 9.17) is 30.5 Å².